The van der Waals surface area contributed by atoms with Gasteiger partial charge in [0.2, 0.25) is 5.82 Å². The summed E-state index contributed by atoms with van der Waals surface area (Å²) in [7, 11) is 0. The van der Waals surface area contributed by atoms with Crippen molar-refractivity contribution in [2.45, 2.75) is 19.8 Å². The Morgan fingerprint density at radius 1 is 1.25 bits per heavy atom. The van der Waals surface area contributed by atoms with Gasteiger partial charge in [-0.25, -0.2) is 14.8 Å². The molecule has 1 aromatic heterocycles. The molecule has 2 heterocycles. The first-order valence-corrected chi connectivity index (χ1v) is 6.98. The molecule has 1 aromatic carbocycles. The van der Waals surface area contributed by atoms with Crippen LogP contribution in [0.25, 0.3) is 10.9 Å². The van der Waals surface area contributed by atoms with Crippen molar-refractivity contribution in [3.05, 3.63) is 30.1 Å². The van der Waals surface area contributed by atoms with Crippen molar-refractivity contribution in [3.8, 4) is 0 Å². The van der Waals surface area contributed by atoms with E-state index in [2.05, 4.69) is 14.9 Å². The minimum absolute atomic E-state index is 0.146. The first kappa shape index (κ1) is 12.8. The molecule has 1 fully saturated rings. The van der Waals surface area contributed by atoms with Crippen LogP contribution in [0.3, 0.4) is 0 Å². The van der Waals surface area contributed by atoms with Crippen LogP contribution in [0.5, 0.6) is 0 Å². The highest BCUT2D eigenvalue weighted by Gasteiger charge is 2.20. The highest BCUT2D eigenvalue weighted by molar-refractivity contribution is 5.94. The van der Waals surface area contributed by atoms with Crippen LogP contribution in [0.1, 0.15) is 30.4 Å². The largest absolute Gasteiger partial charge is 0.460 e. The molecule has 0 N–H and O–H groups in total. The van der Waals surface area contributed by atoms with Gasteiger partial charge in [-0.3, -0.25) is 0 Å². The maximum atomic E-state index is 11.9. The molecule has 5 nitrogen and oxygen atoms in total. The number of benzene rings is 1. The Labute approximate surface area is 117 Å². The zero-order valence-corrected chi connectivity index (χ0v) is 11.5. The first-order valence-electron chi connectivity index (χ1n) is 6.98. The number of nitrogens with zero attached hydrogens (tertiary/aromatic N) is 3. The lowest BCUT2D eigenvalue weighted by atomic mass is 10.2. The predicted molar refractivity (Wildman–Crippen MR) is 76.9 cm³/mol. The lowest BCUT2D eigenvalue weighted by Gasteiger charge is -2.18. The fraction of sp³-hybridized carbons (Fsp3) is 0.400. The van der Waals surface area contributed by atoms with Gasteiger partial charge in [-0.05, 0) is 31.9 Å². The van der Waals surface area contributed by atoms with Crippen molar-refractivity contribution in [3.63, 3.8) is 0 Å². The van der Waals surface area contributed by atoms with Crippen LogP contribution in [-0.4, -0.2) is 35.6 Å². The fourth-order valence-corrected chi connectivity index (χ4v) is 2.52. The van der Waals surface area contributed by atoms with Gasteiger partial charge in [0.25, 0.3) is 0 Å². The van der Waals surface area contributed by atoms with Gasteiger partial charge in [0, 0.05) is 18.5 Å². The Morgan fingerprint density at radius 2 is 2.00 bits per heavy atom. The van der Waals surface area contributed by atoms with Crippen molar-refractivity contribution < 1.29 is 9.53 Å². The number of hydrogen-bond donors (Lipinski definition) is 0. The minimum atomic E-state index is -0.460. The molecule has 0 aliphatic carbocycles. The van der Waals surface area contributed by atoms with Crippen LogP contribution >= 0.6 is 0 Å². The second kappa shape index (κ2) is 5.45. The normalized spacial score (nSPS) is 14.8. The second-order valence-corrected chi connectivity index (χ2v) is 4.80. The van der Waals surface area contributed by atoms with Crippen LogP contribution in [0.15, 0.2) is 24.3 Å². The van der Waals surface area contributed by atoms with Gasteiger partial charge in [0.1, 0.15) is 5.82 Å². The number of carbonyl (C=O) groups excluding carboxylic acids is 1. The van der Waals surface area contributed by atoms with E-state index in [1.807, 2.05) is 24.3 Å². The van der Waals surface area contributed by atoms with Gasteiger partial charge in [-0.2, -0.15) is 0 Å². The van der Waals surface area contributed by atoms with Crippen LogP contribution in [0.2, 0.25) is 0 Å². The summed E-state index contributed by atoms with van der Waals surface area (Å²) in [5.41, 5.74) is 0.785. The third-order valence-electron chi connectivity index (χ3n) is 3.45. The number of fused-ring (bicyclic) bond motifs is 1. The number of aromatic nitrogens is 2. The van der Waals surface area contributed by atoms with Gasteiger partial charge in [-0.15, -0.1) is 0 Å². The van der Waals surface area contributed by atoms with Crippen LogP contribution < -0.4 is 4.90 Å². The van der Waals surface area contributed by atoms with Crippen LogP contribution in [-0.2, 0) is 4.74 Å². The quantitative estimate of drug-likeness (QED) is 0.802. The molecule has 2 aromatic rings. The molecule has 1 saturated heterocycles. The van der Waals surface area contributed by atoms with E-state index in [0.29, 0.717) is 6.61 Å². The van der Waals surface area contributed by atoms with E-state index in [9.17, 15) is 4.79 Å². The topological polar surface area (TPSA) is 55.3 Å². The lowest BCUT2D eigenvalue weighted by Crippen LogP contribution is -2.21. The number of anilines is 1. The van der Waals surface area contributed by atoms with E-state index in [1.54, 1.807) is 6.92 Å². The molecule has 0 spiro atoms. The van der Waals surface area contributed by atoms with Gasteiger partial charge < -0.3 is 9.64 Å². The third kappa shape index (κ3) is 2.31. The van der Waals surface area contributed by atoms with Crippen molar-refractivity contribution in [1.82, 2.24) is 9.97 Å². The summed E-state index contributed by atoms with van der Waals surface area (Å²) in [6, 6.07) is 7.78. The minimum Gasteiger partial charge on any atom is -0.460 e. The molecular weight excluding hydrogens is 254 g/mol. The average molecular weight is 271 g/mol. The van der Waals surface area contributed by atoms with Gasteiger partial charge in [0.05, 0.1) is 12.1 Å². The number of rotatable bonds is 3. The molecule has 0 bridgehead atoms. The third-order valence-corrected chi connectivity index (χ3v) is 3.45. The van der Waals surface area contributed by atoms with Crippen LogP contribution in [0, 0.1) is 0 Å². The summed E-state index contributed by atoms with van der Waals surface area (Å²) in [6.45, 7) is 4.06. The zero-order valence-electron chi connectivity index (χ0n) is 11.5. The Bertz CT molecular complexity index is 636. The summed E-state index contributed by atoms with van der Waals surface area (Å²) >= 11 is 0. The molecule has 0 saturated carbocycles. The van der Waals surface area contributed by atoms with Gasteiger partial charge in [-0.1, -0.05) is 12.1 Å². The molecule has 3 rings (SSSR count). The van der Waals surface area contributed by atoms with E-state index in [0.717, 1.165) is 42.7 Å². The number of carbonyl (C=O) groups is 1. The van der Waals surface area contributed by atoms with Crippen molar-refractivity contribution in [2.75, 3.05) is 24.6 Å². The zero-order chi connectivity index (χ0) is 13.9. The summed E-state index contributed by atoms with van der Waals surface area (Å²) in [6.07, 6.45) is 2.32. The van der Waals surface area contributed by atoms with Crippen LogP contribution in [0.4, 0.5) is 5.82 Å². The van der Waals surface area contributed by atoms with E-state index in [-0.39, 0.29) is 5.82 Å². The van der Waals surface area contributed by atoms with E-state index < -0.39 is 5.97 Å². The Hall–Kier alpha value is -2.17. The summed E-state index contributed by atoms with van der Waals surface area (Å²) in [4.78, 5) is 22.9. The predicted octanol–water partition coefficient (Wildman–Crippen LogP) is 2.41. The van der Waals surface area contributed by atoms with Crippen molar-refractivity contribution in [2.24, 2.45) is 0 Å². The summed E-state index contributed by atoms with van der Waals surface area (Å²) in [5, 5.41) is 0.988. The Kier molecular flexibility index (Phi) is 3.50. The standard InChI is InChI=1S/C15H17N3O2/c1-2-20-15(19)13-16-12-8-4-3-7-11(12)14(17-13)18-9-5-6-10-18/h3-4,7-8H,2,5-6,9-10H2,1H3. The molecule has 1 aliphatic heterocycles. The van der Waals surface area contributed by atoms with E-state index in [4.69, 9.17) is 4.74 Å². The molecule has 20 heavy (non-hydrogen) atoms. The molecule has 0 unspecified atom stereocenters. The number of hydrogen-bond acceptors (Lipinski definition) is 5. The monoisotopic (exact) mass is 271 g/mol. The highest BCUT2D eigenvalue weighted by atomic mass is 16.5. The number of esters is 1. The second-order valence-electron chi connectivity index (χ2n) is 4.80. The maximum absolute atomic E-state index is 11.9. The number of para-hydroxylation sites is 1. The Morgan fingerprint density at radius 3 is 2.75 bits per heavy atom. The summed E-state index contributed by atoms with van der Waals surface area (Å²) < 4.78 is 5.01. The maximum Gasteiger partial charge on any atom is 0.376 e. The molecule has 0 amide bonds. The highest BCUT2D eigenvalue weighted by Crippen LogP contribution is 2.26. The molecular formula is C15H17N3O2. The summed E-state index contributed by atoms with van der Waals surface area (Å²) in [5.74, 6) is 0.530. The van der Waals surface area contributed by atoms with Crippen molar-refractivity contribution >= 4 is 22.7 Å². The molecule has 0 atom stereocenters. The molecule has 104 valence electrons. The first-order chi connectivity index (χ1) is 9.79. The smallest absolute Gasteiger partial charge is 0.376 e. The van der Waals surface area contributed by atoms with Crippen molar-refractivity contribution in [1.29, 1.82) is 0 Å². The lowest BCUT2D eigenvalue weighted by molar-refractivity contribution is 0.0512. The SMILES string of the molecule is CCOC(=O)c1nc(N2CCCC2)c2ccccc2n1. The molecule has 0 radical (unpaired) electrons. The molecule has 1 aliphatic rings. The fourth-order valence-electron chi connectivity index (χ4n) is 2.52. The van der Waals surface area contributed by atoms with E-state index >= 15 is 0 Å². The van der Waals surface area contributed by atoms with Gasteiger partial charge >= 0.3 is 5.97 Å². The van der Waals surface area contributed by atoms with Gasteiger partial charge in [0.15, 0.2) is 0 Å². The number of ether oxygens (including phenoxy) is 1. The van der Waals surface area contributed by atoms with E-state index in [1.165, 1.54) is 0 Å². The molecule has 5 heteroatoms. The average Bonchev–Trinajstić information content (AvgIpc) is 3.00. The Balaban J connectivity index is 2.11.